The Labute approximate surface area is 203 Å². The van der Waals surface area contributed by atoms with Crippen LogP contribution in [-0.2, 0) is 11.2 Å². The van der Waals surface area contributed by atoms with Crippen molar-refractivity contribution < 1.29 is 34.0 Å². The number of benzene rings is 1. The normalized spacial score (nSPS) is 37.5. The van der Waals surface area contributed by atoms with Crippen molar-refractivity contribution in [3.8, 4) is 22.8 Å². The number of methoxy groups -OCH3 is 1. The minimum atomic E-state index is -1.85. The summed E-state index contributed by atoms with van der Waals surface area (Å²) in [5.74, 6) is 1.01. The lowest BCUT2D eigenvalue weighted by Gasteiger charge is -2.70. The molecule has 8 heteroatoms. The van der Waals surface area contributed by atoms with Gasteiger partial charge in [0.2, 0.25) is 0 Å². The van der Waals surface area contributed by atoms with Crippen molar-refractivity contribution in [2.24, 2.45) is 10.8 Å². The maximum Gasteiger partial charge on any atom is 0.343 e. The molecule has 5 rings (SSSR count). The van der Waals surface area contributed by atoms with E-state index >= 15 is 0 Å². The van der Waals surface area contributed by atoms with Gasteiger partial charge in [0.25, 0.3) is 0 Å². The average Bonchev–Trinajstić information content (AvgIpc) is 2.81. The molecule has 5 atom stereocenters. The van der Waals surface area contributed by atoms with Crippen molar-refractivity contribution in [1.29, 1.82) is 0 Å². The van der Waals surface area contributed by atoms with E-state index < -0.39 is 39.4 Å². The minimum Gasteiger partial charge on any atom is -0.497 e. The summed E-state index contributed by atoms with van der Waals surface area (Å²) in [7, 11) is 1.57. The zero-order valence-electron chi connectivity index (χ0n) is 20.7. The van der Waals surface area contributed by atoms with Crippen molar-refractivity contribution in [2.75, 3.05) is 7.11 Å². The molecule has 0 spiro atoms. The van der Waals surface area contributed by atoms with E-state index in [0.29, 0.717) is 22.8 Å². The highest BCUT2D eigenvalue weighted by Crippen LogP contribution is 2.67. The van der Waals surface area contributed by atoms with Gasteiger partial charge >= 0.3 is 5.63 Å². The lowest BCUT2D eigenvalue weighted by molar-refractivity contribution is -0.341. The van der Waals surface area contributed by atoms with Crippen LogP contribution in [-0.4, -0.2) is 51.1 Å². The maximum atomic E-state index is 13.1. The summed E-state index contributed by atoms with van der Waals surface area (Å²) in [6.07, 6.45) is -1.36. The van der Waals surface area contributed by atoms with Crippen LogP contribution in [0.4, 0.5) is 0 Å². The van der Waals surface area contributed by atoms with Gasteiger partial charge in [-0.3, -0.25) is 4.79 Å². The topological polar surface area (TPSA) is 126 Å². The summed E-state index contributed by atoms with van der Waals surface area (Å²) in [5.41, 5.74) is -7.43. The Morgan fingerprint density at radius 1 is 1.00 bits per heavy atom. The first-order valence-corrected chi connectivity index (χ1v) is 11.9. The fourth-order valence-electron chi connectivity index (χ4n) is 6.81. The lowest BCUT2D eigenvalue weighted by Crippen LogP contribution is -2.84. The highest BCUT2D eigenvalue weighted by Gasteiger charge is 2.79. The second-order valence-electron chi connectivity index (χ2n) is 11.2. The molecule has 3 aliphatic rings. The largest absolute Gasteiger partial charge is 0.497 e. The Morgan fingerprint density at radius 2 is 1.66 bits per heavy atom. The summed E-state index contributed by atoms with van der Waals surface area (Å²) >= 11 is 0. The third kappa shape index (κ3) is 2.79. The molecule has 1 aliphatic heterocycles. The molecule has 2 aromatic rings. The van der Waals surface area contributed by atoms with Crippen molar-refractivity contribution in [3.05, 3.63) is 46.3 Å². The predicted octanol–water partition coefficient (Wildman–Crippen LogP) is 2.63. The summed E-state index contributed by atoms with van der Waals surface area (Å²) in [5, 5.41) is 35.5. The maximum absolute atomic E-state index is 13.1. The number of Topliss-reactive ketones (excluding diaryl/α,β-unsaturated/α-hetero) is 1. The summed E-state index contributed by atoms with van der Waals surface area (Å²) in [6.45, 7) is 6.64. The van der Waals surface area contributed by atoms with Gasteiger partial charge in [0, 0.05) is 24.5 Å². The van der Waals surface area contributed by atoms with Crippen LogP contribution in [0.5, 0.6) is 11.5 Å². The smallest absolute Gasteiger partial charge is 0.343 e. The van der Waals surface area contributed by atoms with Gasteiger partial charge in [-0.1, -0.05) is 20.8 Å². The molecule has 1 aromatic carbocycles. The van der Waals surface area contributed by atoms with Gasteiger partial charge in [-0.15, -0.1) is 0 Å². The number of aliphatic hydroxyl groups excluding tert-OH is 1. The molecule has 8 nitrogen and oxygen atoms in total. The Morgan fingerprint density at radius 3 is 2.29 bits per heavy atom. The number of carbonyl (C=O) groups is 1. The molecule has 5 unspecified atom stereocenters. The van der Waals surface area contributed by atoms with Gasteiger partial charge in [-0.25, -0.2) is 4.79 Å². The highest BCUT2D eigenvalue weighted by atomic mass is 16.5. The number of hydrogen-bond acceptors (Lipinski definition) is 8. The summed E-state index contributed by atoms with van der Waals surface area (Å²) in [4.78, 5) is 26.0. The van der Waals surface area contributed by atoms with Crippen LogP contribution in [0, 0.1) is 10.8 Å². The van der Waals surface area contributed by atoms with E-state index in [9.17, 15) is 24.9 Å². The fourth-order valence-corrected chi connectivity index (χ4v) is 6.81. The van der Waals surface area contributed by atoms with Crippen LogP contribution in [0.3, 0.4) is 0 Å². The van der Waals surface area contributed by atoms with Crippen molar-refractivity contribution in [2.45, 2.75) is 76.3 Å². The summed E-state index contributed by atoms with van der Waals surface area (Å²) in [6, 6.07) is 8.68. The Hall–Kier alpha value is -2.68. The zero-order chi connectivity index (χ0) is 25.6. The number of hydrogen-bond donors (Lipinski definition) is 3. The van der Waals surface area contributed by atoms with Gasteiger partial charge < -0.3 is 29.2 Å². The first kappa shape index (κ1) is 24.0. The van der Waals surface area contributed by atoms with Crippen LogP contribution >= 0.6 is 0 Å². The molecule has 2 fully saturated rings. The second-order valence-corrected chi connectivity index (χ2v) is 11.2. The third-order valence-corrected chi connectivity index (χ3v) is 9.48. The quantitative estimate of drug-likeness (QED) is 0.594. The van der Waals surface area contributed by atoms with Gasteiger partial charge in [-0.05, 0) is 44.0 Å². The van der Waals surface area contributed by atoms with E-state index in [4.69, 9.17) is 13.9 Å². The predicted molar refractivity (Wildman–Crippen MR) is 126 cm³/mol. The number of fused-ring (bicyclic) bond motifs is 4. The Bertz CT molecular complexity index is 1260. The third-order valence-electron chi connectivity index (χ3n) is 9.48. The van der Waals surface area contributed by atoms with E-state index in [-0.39, 0.29) is 37.0 Å². The average molecular weight is 485 g/mol. The van der Waals surface area contributed by atoms with Gasteiger partial charge in [0.15, 0.2) is 0 Å². The van der Waals surface area contributed by atoms with E-state index in [1.54, 1.807) is 65.1 Å². The molecule has 0 radical (unpaired) electrons. The molecule has 0 amide bonds. The number of carbonyl (C=O) groups excluding carboxylic acids is 1. The fraction of sp³-hybridized carbons (Fsp3) is 0.556. The lowest BCUT2D eigenvalue weighted by atomic mass is 9.39. The van der Waals surface area contributed by atoms with E-state index in [1.165, 1.54) is 0 Å². The monoisotopic (exact) mass is 484 g/mol. The first-order valence-electron chi connectivity index (χ1n) is 11.9. The van der Waals surface area contributed by atoms with Crippen LogP contribution in [0.2, 0.25) is 0 Å². The molecular formula is C27H32O8. The number of ketones is 1. The van der Waals surface area contributed by atoms with Gasteiger partial charge in [0.1, 0.15) is 34.2 Å². The minimum absolute atomic E-state index is 0.134. The molecule has 2 aliphatic carbocycles. The zero-order valence-corrected chi connectivity index (χ0v) is 20.7. The van der Waals surface area contributed by atoms with E-state index in [2.05, 4.69) is 0 Å². The van der Waals surface area contributed by atoms with Crippen LogP contribution in [0.1, 0.15) is 52.5 Å². The summed E-state index contributed by atoms with van der Waals surface area (Å²) < 4.78 is 17.2. The van der Waals surface area contributed by atoms with Crippen molar-refractivity contribution >= 4 is 5.78 Å². The Kier molecular flexibility index (Phi) is 4.93. The van der Waals surface area contributed by atoms with Crippen LogP contribution in [0.25, 0.3) is 11.3 Å². The first-order chi connectivity index (χ1) is 16.2. The number of aliphatic hydroxyl groups is 3. The van der Waals surface area contributed by atoms with Gasteiger partial charge in [0.05, 0.1) is 35.2 Å². The molecule has 2 saturated carbocycles. The molecule has 35 heavy (non-hydrogen) atoms. The molecule has 1 aromatic heterocycles. The van der Waals surface area contributed by atoms with Crippen LogP contribution in [0.15, 0.2) is 39.5 Å². The second kappa shape index (κ2) is 7.18. The number of ether oxygens (including phenoxy) is 2. The van der Waals surface area contributed by atoms with Gasteiger partial charge in [-0.2, -0.15) is 0 Å². The Balaban J connectivity index is 1.64. The van der Waals surface area contributed by atoms with E-state index in [1.807, 2.05) is 0 Å². The highest BCUT2D eigenvalue weighted by molar-refractivity contribution is 5.87. The molecule has 188 valence electrons. The van der Waals surface area contributed by atoms with Crippen molar-refractivity contribution in [3.63, 3.8) is 0 Å². The molecule has 0 saturated heterocycles. The van der Waals surface area contributed by atoms with E-state index in [0.717, 1.165) is 0 Å². The molecule has 2 heterocycles. The molecule has 3 N–H and O–H groups in total. The number of rotatable bonds is 2. The standard InChI is InChI=1S/C27H32O8/c1-23(2)20(28)13-21(29)25(4)26(23,31)11-10-24(3)27(25,32)14-17-19(35-24)12-18(34-22(17)30)15-6-8-16(33-5)9-7-15/h6-9,12,21,29,31-32H,10-11,13-14H2,1-5H3. The molecular weight excluding hydrogens is 452 g/mol. The SMILES string of the molecule is COc1ccc(-c2cc3c(c(=O)o2)CC2(O)C(C)(CCC4(O)C(C)(C)C(=O)CC(O)C24C)O3)cc1. The van der Waals surface area contributed by atoms with Crippen LogP contribution < -0.4 is 15.1 Å². The molecule has 0 bridgehead atoms. The van der Waals surface area contributed by atoms with Crippen molar-refractivity contribution in [1.82, 2.24) is 0 Å².